The van der Waals surface area contributed by atoms with Crippen LogP contribution < -0.4 is 0 Å². The van der Waals surface area contributed by atoms with Gasteiger partial charge in [0.25, 0.3) is 0 Å². The second kappa shape index (κ2) is 3.20. The fraction of sp³-hybridized carbons (Fsp3) is 1.00. The average molecular weight is 147 g/mol. The van der Waals surface area contributed by atoms with E-state index in [0.717, 1.165) is 0 Å². The van der Waals surface area contributed by atoms with Crippen molar-refractivity contribution in [3.63, 3.8) is 0 Å². The van der Waals surface area contributed by atoms with Crippen LogP contribution in [-0.2, 0) is 10.6 Å². The molecule has 9 heavy (non-hydrogen) atoms. The third-order valence-electron chi connectivity index (χ3n) is 1.90. The van der Waals surface area contributed by atoms with Crippen molar-refractivity contribution in [3.05, 3.63) is 0 Å². The molecule has 0 aromatic carbocycles. The molecule has 1 saturated carbocycles. The highest BCUT2D eigenvalue weighted by Gasteiger charge is 2.14. The topological polar surface area (TPSA) is 40.9 Å². The first-order valence-corrected chi connectivity index (χ1v) is 4.89. The van der Waals surface area contributed by atoms with Crippen LogP contribution in [-0.4, -0.2) is 9.96 Å². The summed E-state index contributed by atoms with van der Waals surface area (Å²) in [5, 5.41) is 0. The summed E-state index contributed by atoms with van der Waals surface area (Å²) in [5.74, 6) is 1.26. The lowest BCUT2D eigenvalue weighted by atomic mass is 10.1. The van der Waals surface area contributed by atoms with Gasteiger partial charge in [0.15, 0.2) is 0 Å². The maximum atomic E-state index is 10.4. The fourth-order valence-electron chi connectivity index (χ4n) is 1.43. The van der Waals surface area contributed by atoms with E-state index in [0.29, 0.717) is 11.7 Å². The monoisotopic (exact) mass is 147 g/mol. The van der Waals surface area contributed by atoms with Crippen LogP contribution >= 0.6 is 0 Å². The van der Waals surface area contributed by atoms with Crippen molar-refractivity contribution in [2.45, 2.75) is 25.7 Å². The SMILES string of the molecule is N=[SH](=O)CC1CCCC1. The van der Waals surface area contributed by atoms with Gasteiger partial charge in [-0.05, 0) is 18.8 Å². The maximum absolute atomic E-state index is 10.4. The summed E-state index contributed by atoms with van der Waals surface area (Å²) in [7, 11) is -1.61. The predicted molar refractivity (Wildman–Crippen MR) is 39.1 cm³/mol. The summed E-state index contributed by atoms with van der Waals surface area (Å²) in [6, 6.07) is 0. The van der Waals surface area contributed by atoms with Gasteiger partial charge in [0.2, 0.25) is 0 Å². The van der Waals surface area contributed by atoms with Crippen LogP contribution in [0, 0.1) is 10.7 Å². The minimum atomic E-state index is -1.61. The zero-order valence-electron chi connectivity index (χ0n) is 5.47. The third kappa shape index (κ3) is 2.35. The Morgan fingerprint density at radius 1 is 1.44 bits per heavy atom. The number of rotatable bonds is 2. The zero-order chi connectivity index (χ0) is 6.69. The highest BCUT2D eigenvalue weighted by Crippen LogP contribution is 2.24. The molecule has 1 unspecified atom stereocenters. The van der Waals surface area contributed by atoms with E-state index in [4.69, 9.17) is 4.78 Å². The van der Waals surface area contributed by atoms with Crippen molar-refractivity contribution in [1.29, 1.82) is 4.78 Å². The van der Waals surface area contributed by atoms with Crippen molar-refractivity contribution in [3.8, 4) is 0 Å². The molecule has 0 saturated heterocycles. The molecular formula is C6H13NOS. The van der Waals surface area contributed by atoms with Gasteiger partial charge < -0.3 is 0 Å². The van der Waals surface area contributed by atoms with Gasteiger partial charge in [-0.2, -0.15) is 0 Å². The molecule has 54 valence electrons. The van der Waals surface area contributed by atoms with Gasteiger partial charge in [0, 0.05) is 16.3 Å². The molecule has 0 bridgehead atoms. The first-order valence-electron chi connectivity index (χ1n) is 3.45. The maximum Gasteiger partial charge on any atom is 0.0333 e. The Labute approximate surface area is 57.7 Å². The van der Waals surface area contributed by atoms with E-state index in [1.54, 1.807) is 0 Å². The molecule has 1 rings (SSSR count). The Bertz CT molecular complexity index is 139. The smallest absolute Gasteiger partial charge is 0.0333 e. The number of hydrogen-bond acceptors (Lipinski definition) is 2. The van der Waals surface area contributed by atoms with E-state index < -0.39 is 10.6 Å². The number of hydrogen-bond donors (Lipinski definition) is 2. The van der Waals surface area contributed by atoms with Crippen LogP contribution in [0.25, 0.3) is 0 Å². The highest BCUT2D eigenvalue weighted by atomic mass is 32.2. The highest BCUT2D eigenvalue weighted by molar-refractivity contribution is 7.73. The fourth-order valence-corrected chi connectivity index (χ4v) is 2.26. The van der Waals surface area contributed by atoms with Crippen molar-refractivity contribution < 1.29 is 4.21 Å². The molecule has 0 amide bonds. The molecule has 3 heteroatoms. The minimum absolute atomic E-state index is 0.617. The van der Waals surface area contributed by atoms with Crippen LogP contribution in [0.2, 0.25) is 0 Å². The summed E-state index contributed by atoms with van der Waals surface area (Å²) in [5.41, 5.74) is 0. The van der Waals surface area contributed by atoms with Gasteiger partial charge in [-0.25, -0.2) is 0 Å². The molecule has 1 N–H and O–H groups in total. The first kappa shape index (κ1) is 7.06. The van der Waals surface area contributed by atoms with E-state index >= 15 is 0 Å². The van der Waals surface area contributed by atoms with E-state index in [9.17, 15) is 4.21 Å². The zero-order valence-corrected chi connectivity index (χ0v) is 6.36. The van der Waals surface area contributed by atoms with Crippen molar-refractivity contribution in [2.75, 3.05) is 5.75 Å². The van der Waals surface area contributed by atoms with Crippen LogP contribution in [0.1, 0.15) is 25.7 Å². The summed E-state index contributed by atoms with van der Waals surface area (Å²) in [6.45, 7) is 0. The second-order valence-corrected chi connectivity index (χ2v) is 3.83. The van der Waals surface area contributed by atoms with Crippen LogP contribution in [0.5, 0.6) is 0 Å². The van der Waals surface area contributed by atoms with E-state index in [-0.39, 0.29) is 0 Å². The minimum Gasteiger partial charge on any atom is -0.255 e. The average Bonchev–Trinajstić information content (AvgIpc) is 2.15. The normalized spacial score (nSPS) is 24.4. The van der Waals surface area contributed by atoms with Gasteiger partial charge in [0.1, 0.15) is 0 Å². The van der Waals surface area contributed by atoms with Gasteiger partial charge in [-0.1, -0.05) is 12.8 Å². The molecule has 1 fully saturated rings. The molecule has 0 radical (unpaired) electrons. The summed E-state index contributed by atoms with van der Waals surface area (Å²) in [6.07, 6.45) is 4.99. The molecule has 2 nitrogen and oxygen atoms in total. The molecule has 0 heterocycles. The number of nitrogens with one attached hydrogen (secondary N) is 1. The summed E-state index contributed by atoms with van der Waals surface area (Å²) < 4.78 is 17.3. The van der Waals surface area contributed by atoms with Crippen LogP contribution in [0.4, 0.5) is 0 Å². The summed E-state index contributed by atoms with van der Waals surface area (Å²) in [4.78, 5) is 0. The Balaban J connectivity index is 2.27. The predicted octanol–water partition coefficient (Wildman–Crippen LogP) is 1.42. The van der Waals surface area contributed by atoms with Gasteiger partial charge in [-0.15, -0.1) is 0 Å². The third-order valence-corrected chi connectivity index (χ3v) is 2.75. The van der Waals surface area contributed by atoms with Crippen molar-refractivity contribution >= 4 is 10.6 Å². The molecular weight excluding hydrogens is 134 g/mol. The van der Waals surface area contributed by atoms with E-state index in [1.165, 1.54) is 25.7 Å². The molecule has 0 aromatic rings. The largest absolute Gasteiger partial charge is 0.255 e. The molecule has 1 aliphatic rings. The van der Waals surface area contributed by atoms with Gasteiger partial charge in [-0.3, -0.25) is 8.99 Å². The first-order chi connectivity index (χ1) is 4.29. The Hall–Kier alpha value is -0.0500. The van der Waals surface area contributed by atoms with Crippen molar-refractivity contribution in [1.82, 2.24) is 0 Å². The van der Waals surface area contributed by atoms with E-state index in [2.05, 4.69) is 0 Å². The molecule has 0 aromatic heterocycles. The van der Waals surface area contributed by atoms with Crippen molar-refractivity contribution in [2.24, 2.45) is 5.92 Å². The van der Waals surface area contributed by atoms with Crippen LogP contribution in [0.15, 0.2) is 0 Å². The Kier molecular flexibility index (Phi) is 2.51. The molecule has 0 aliphatic heterocycles. The molecule has 0 spiro atoms. The molecule has 1 aliphatic carbocycles. The van der Waals surface area contributed by atoms with Gasteiger partial charge >= 0.3 is 0 Å². The van der Waals surface area contributed by atoms with Gasteiger partial charge in [0.05, 0.1) is 0 Å². The summed E-state index contributed by atoms with van der Waals surface area (Å²) >= 11 is 0. The Morgan fingerprint density at radius 2 is 2.00 bits per heavy atom. The van der Waals surface area contributed by atoms with Crippen LogP contribution in [0.3, 0.4) is 0 Å². The lowest BCUT2D eigenvalue weighted by Crippen LogP contribution is -2.00. The quantitative estimate of drug-likeness (QED) is 0.570. The standard InChI is InChI=1S/C6H13NOS/c7-9(8)5-6-3-1-2-4-6/h6-7,9H,1-5H2. The second-order valence-electron chi connectivity index (χ2n) is 2.71. The Morgan fingerprint density at radius 3 is 2.44 bits per heavy atom. The van der Waals surface area contributed by atoms with E-state index in [1.807, 2.05) is 0 Å². The number of thiol groups is 1. The molecule has 1 atom stereocenters. The lowest BCUT2D eigenvalue weighted by molar-refractivity contribution is 0.607. The lowest BCUT2D eigenvalue weighted by Gasteiger charge is -2.00.